The molecule has 0 saturated carbocycles. The molecule has 3 N–H and O–H groups in total. The predicted molar refractivity (Wildman–Crippen MR) is 59.8 cm³/mol. The minimum Gasteiger partial charge on any atom is -0.508 e. The van der Waals surface area contributed by atoms with Crippen molar-refractivity contribution in [1.82, 2.24) is 0 Å². The van der Waals surface area contributed by atoms with E-state index in [1.165, 1.54) is 12.1 Å². The first-order valence-electron chi connectivity index (χ1n) is 4.77. The van der Waals surface area contributed by atoms with Crippen LogP contribution in [0.25, 0.3) is 0 Å². The molecular formula is C11H13ClO4. The highest BCUT2D eigenvalue weighted by Gasteiger charge is 2.21. The normalized spacial score (nSPS) is 12.8. The SMILES string of the molecule is CC(C)c1cc(O)c(C(O)C(=O)O)cc1Cl. The molecule has 0 bridgehead atoms. The Morgan fingerprint density at radius 2 is 1.88 bits per heavy atom. The lowest BCUT2D eigenvalue weighted by atomic mass is 9.98. The van der Waals surface area contributed by atoms with E-state index in [9.17, 15) is 15.0 Å². The monoisotopic (exact) mass is 244 g/mol. The van der Waals surface area contributed by atoms with Crippen LogP contribution < -0.4 is 0 Å². The van der Waals surface area contributed by atoms with Crippen molar-refractivity contribution in [1.29, 1.82) is 0 Å². The topological polar surface area (TPSA) is 77.8 Å². The van der Waals surface area contributed by atoms with Gasteiger partial charge in [0, 0.05) is 10.6 Å². The largest absolute Gasteiger partial charge is 0.508 e. The molecule has 0 aliphatic rings. The van der Waals surface area contributed by atoms with Crippen molar-refractivity contribution in [2.75, 3.05) is 0 Å². The number of carboxylic acid groups (broad SMARTS) is 1. The van der Waals surface area contributed by atoms with Gasteiger partial charge in [-0.3, -0.25) is 0 Å². The molecule has 16 heavy (non-hydrogen) atoms. The van der Waals surface area contributed by atoms with Crippen LogP contribution in [0.4, 0.5) is 0 Å². The fourth-order valence-corrected chi connectivity index (χ4v) is 1.78. The Labute approximate surface area is 98.1 Å². The maximum absolute atomic E-state index is 10.6. The summed E-state index contributed by atoms with van der Waals surface area (Å²) in [6.45, 7) is 3.79. The number of phenols is 1. The van der Waals surface area contributed by atoms with Crippen molar-refractivity contribution >= 4 is 17.6 Å². The van der Waals surface area contributed by atoms with Gasteiger partial charge in [0.2, 0.25) is 0 Å². The molecule has 1 unspecified atom stereocenters. The van der Waals surface area contributed by atoms with E-state index in [4.69, 9.17) is 16.7 Å². The first-order valence-corrected chi connectivity index (χ1v) is 5.15. The molecule has 0 aromatic heterocycles. The highest BCUT2D eigenvalue weighted by molar-refractivity contribution is 6.31. The van der Waals surface area contributed by atoms with E-state index in [1.807, 2.05) is 13.8 Å². The summed E-state index contributed by atoms with van der Waals surface area (Å²) in [6.07, 6.45) is -1.77. The lowest BCUT2D eigenvalue weighted by Gasteiger charge is -2.13. The van der Waals surface area contributed by atoms with Gasteiger partial charge >= 0.3 is 5.97 Å². The summed E-state index contributed by atoms with van der Waals surface area (Å²) in [6, 6.07) is 2.67. The number of halogens is 1. The highest BCUT2D eigenvalue weighted by atomic mass is 35.5. The molecular weight excluding hydrogens is 232 g/mol. The van der Waals surface area contributed by atoms with Crippen LogP contribution in [0.2, 0.25) is 5.02 Å². The zero-order valence-corrected chi connectivity index (χ0v) is 9.69. The number of benzene rings is 1. The van der Waals surface area contributed by atoms with Crippen LogP contribution in [0.5, 0.6) is 5.75 Å². The average Bonchev–Trinajstić information content (AvgIpc) is 2.19. The Balaban J connectivity index is 3.25. The van der Waals surface area contributed by atoms with E-state index in [0.717, 1.165) is 0 Å². The Bertz CT molecular complexity index is 415. The molecule has 0 spiro atoms. The zero-order chi connectivity index (χ0) is 12.5. The molecule has 0 aliphatic heterocycles. The summed E-state index contributed by atoms with van der Waals surface area (Å²) >= 11 is 5.93. The summed E-state index contributed by atoms with van der Waals surface area (Å²) in [5.41, 5.74) is 0.613. The minimum atomic E-state index is -1.77. The standard InChI is InChI=1S/C11H13ClO4/c1-5(2)6-4-9(13)7(3-8(6)12)10(14)11(15)16/h3-5,10,13-14H,1-2H3,(H,15,16). The van der Waals surface area contributed by atoms with Crippen molar-refractivity contribution in [3.8, 4) is 5.75 Å². The van der Waals surface area contributed by atoms with E-state index in [2.05, 4.69) is 0 Å². The van der Waals surface area contributed by atoms with Crippen LogP contribution in [-0.2, 0) is 4.79 Å². The number of hydrogen-bond donors (Lipinski definition) is 3. The number of hydrogen-bond acceptors (Lipinski definition) is 3. The van der Waals surface area contributed by atoms with Gasteiger partial charge in [0.25, 0.3) is 0 Å². The van der Waals surface area contributed by atoms with Gasteiger partial charge in [-0.25, -0.2) is 4.79 Å². The number of phenolic OH excluding ortho intramolecular Hbond substituents is 1. The number of carboxylic acids is 1. The third-order valence-electron chi connectivity index (χ3n) is 2.30. The highest BCUT2D eigenvalue weighted by Crippen LogP contribution is 2.34. The van der Waals surface area contributed by atoms with Crippen LogP contribution in [0.3, 0.4) is 0 Å². The Morgan fingerprint density at radius 3 is 2.31 bits per heavy atom. The maximum Gasteiger partial charge on any atom is 0.337 e. The van der Waals surface area contributed by atoms with Crippen LogP contribution >= 0.6 is 11.6 Å². The average molecular weight is 245 g/mol. The zero-order valence-electron chi connectivity index (χ0n) is 8.94. The molecule has 4 nitrogen and oxygen atoms in total. The van der Waals surface area contributed by atoms with Crippen LogP contribution in [-0.4, -0.2) is 21.3 Å². The molecule has 88 valence electrons. The smallest absolute Gasteiger partial charge is 0.337 e. The van der Waals surface area contributed by atoms with Gasteiger partial charge in [0.15, 0.2) is 6.10 Å². The van der Waals surface area contributed by atoms with Gasteiger partial charge in [-0.05, 0) is 23.6 Å². The number of rotatable bonds is 3. The van der Waals surface area contributed by atoms with Crippen LogP contribution in [0, 0.1) is 0 Å². The molecule has 0 saturated heterocycles. The molecule has 1 atom stereocenters. The Hall–Kier alpha value is -1.26. The Kier molecular flexibility index (Phi) is 3.78. The van der Waals surface area contributed by atoms with Crippen molar-refractivity contribution in [3.05, 3.63) is 28.3 Å². The number of aromatic hydroxyl groups is 1. The van der Waals surface area contributed by atoms with Crippen molar-refractivity contribution < 1.29 is 20.1 Å². The summed E-state index contributed by atoms with van der Waals surface area (Å²) in [5, 5.41) is 27.9. The minimum absolute atomic E-state index is 0.0955. The fourth-order valence-electron chi connectivity index (χ4n) is 1.39. The second kappa shape index (κ2) is 4.72. The number of aliphatic hydroxyl groups excluding tert-OH is 1. The molecule has 1 rings (SSSR count). The summed E-state index contributed by atoms with van der Waals surface area (Å²) in [5.74, 6) is -1.58. The number of aliphatic carboxylic acids is 1. The molecule has 1 aromatic carbocycles. The molecule has 5 heteroatoms. The van der Waals surface area contributed by atoms with Gasteiger partial charge in [-0.2, -0.15) is 0 Å². The molecule has 1 aromatic rings. The van der Waals surface area contributed by atoms with Crippen LogP contribution in [0.15, 0.2) is 12.1 Å². The van der Waals surface area contributed by atoms with E-state index in [1.54, 1.807) is 0 Å². The molecule has 0 heterocycles. The molecule has 0 aliphatic carbocycles. The molecule has 0 radical (unpaired) electrons. The van der Waals surface area contributed by atoms with Crippen molar-refractivity contribution in [3.63, 3.8) is 0 Å². The van der Waals surface area contributed by atoms with Gasteiger partial charge in [-0.15, -0.1) is 0 Å². The van der Waals surface area contributed by atoms with E-state index >= 15 is 0 Å². The van der Waals surface area contributed by atoms with E-state index in [-0.39, 0.29) is 17.2 Å². The van der Waals surface area contributed by atoms with Gasteiger partial charge in [-0.1, -0.05) is 25.4 Å². The van der Waals surface area contributed by atoms with E-state index < -0.39 is 12.1 Å². The lowest BCUT2D eigenvalue weighted by molar-refractivity contribution is -0.147. The van der Waals surface area contributed by atoms with Gasteiger partial charge < -0.3 is 15.3 Å². The van der Waals surface area contributed by atoms with Crippen LogP contribution in [0.1, 0.15) is 37.0 Å². The maximum atomic E-state index is 10.6. The second-order valence-corrected chi connectivity index (χ2v) is 4.24. The lowest BCUT2D eigenvalue weighted by Crippen LogP contribution is -2.11. The molecule has 0 fully saturated rings. The second-order valence-electron chi connectivity index (χ2n) is 3.83. The van der Waals surface area contributed by atoms with E-state index in [0.29, 0.717) is 10.6 Å². The summed E-state index contributed by atoms with van der Waals surface area (Å²) in [7, 11) is 0. The third kappa shape index (κ3) is 2.46. The third-order valence-corrected chi connectivity index (χ3v) is 2.62. The fraction of sp³-hybridized carbons (Fsp3) is 0.364. The van der Waals surface area contributed by atoms with Crippen molar-refractivity contribution in [2.45, 2.75) is 25.9 Å². The first kappa shape index (κ1) is 12.8. The summed E-state index contributed by atoms with van der Waals surface area (Å²) in [4.78, 5) is 10.6. The number of carbonyl (C=O) groups is 1. The molecule has 0 amide bonds. The quantitative estimate of drug-likeness (QED) is 0.762. The number of aliphatic hydroxyl groups is 1. The van der Waals surface area contributed by atoms with Gasteiger partial charge in [0.1, 0.15) is 5.75 Å². The Morgan fingerprint density at radius 1 is 1.31 bits per heavy atom. The summed E-state index contributed by atoms with van der Waals surface area (Å²) < 4.78 is 0. The first-order chi connectivity index (χ1) is 7.34. The van der Waals surface area contributed by atoms with Crippen molar-refractivity contribution in [2.24, 2.45) is 0 Å². The predicted octanol–water partition coefficient (Wildman–Crippen LogP) is 2.29. The van der Waals surface area contributed by atoms with Gasteiger partial charge in [0.05, 0.1) is 0 Å².